The first kappa shape index (κ1) is 9.39. The van der Waals surface area contributed by atoms with Crippen LogP contribution in [0, 0.1) is 0 Å². The fourth-order valence-corrected chi connectivity index (χ4v) is 1.40. The molecule has 0 saturated heterocycles. The van der Waals surface area contributed by atoms with Gasteiger partial charge in [-0.2, -0.15) is 4.94 Å². The van der Waals surface area contributed by atoms with Gasteiger partial charge >= 0.3 is 0 Å². The largest absolute Gasteiger partial charge is 0.238 e. The predicted octanol–water partition coefficient (Wildman–Crippen LogP) is 2.13. The molecule has 1 aliphatic heterocycles. The summed E-state index contributed by atoms with van der Waals surface area (Å²) in [5.41, 5.74) is 0. The molecule has 0 aromatic rings. The maximum atomic E-state index is 5.42. The molecule has 0 spiro atoms. The molecule has 1 rings (SSSR count). The van der Waals surface area contributed by atoms with Crippen molar-refractivity contribution in [2.24, 2.45) is 0 Å². The fourth-order valence-electron chi connectivity index (χ4n) is 1.40. The third kappa shape index (κ3) is 2.14. The third-order valence-corrected chi connectivity index (χ3v) is 2.10. The molecule has 0 N–H and O–H groups in total. The molecule has 1 atom stereocenters. The lowest BCUT2D eigenvalue weighted by Gasteiger charge is -2.25. The van der Waals surface area contributed by atoms with Crippen LogP contribution >= 0.6 is 0 Å². The Balaban J connectivity index is 2.39. The molecule has 70 valence electrons. The van der Waals surface area contributed by atoms with Crippen molar-refractivity contribution in [1.82, 2.24) is 10.1 Å². The topological polar surface area (TPSA) is 15.7 Å². The molecule has 1 unspecified atom stereocenters. The fraction of sp³-hybridized carbons (Fsp3) is 0.778. The van der Waals surface area contributed by atoms with Crippen molar-refractivity contribution in [2.45, 2.75) is 39.2 Å². The SMILES string of the molecule is CCCC(CC)N1C=CN(C)O1. The van der Waals surface area contributed by atoms with E-state index in [4.69, 9.17) is 4.94 Å². The van der Waals surface area contributed by atoms with Crippen molar-refractivity contribution in [3.05, 3.63) is 12.4 Å². The van der Waals surface area contributed by atoms with Crippen LogP contribution in [0.5, 0.6) is 0 Å². The molecule has 3 nitrogen and oxygen atoms in total. The highest BCUT2D eigenvalue weighted by molar-refractivity contribution is 4.83. The first-order valence-electron chi connectivity index (χ1n) is 4.65. The lowest BCUT2D eigenvalue weighted by Crippen LogP contribution is -2.30. The number of hydroxylamine groups is 4. The first-order chi connectivity index (χ1) is 5.77. The van der Waals surface area contributed by atoms with E-state index < -0.39 is 0 Å². The molecule has 0 radical (unpaired) electrons. The molecular weight excluding hydrogens is 152 g/mol. The van der Waals surface area contributed by atoms with Gasteiger partial charge in [0.1, 0.15) is 0 Å². The van der Waals surface area contributed by atoms with Crippen LogP contribution in [0.15, 0.2) is 12.4 Å². The summed E-state index contributed by atoms with van der Waals surface area (Å²) in [5.74, 6) is 0. The summed E-state index contributed by atoms with van der Waals surface area (Å²) < 4.78 is 0. The Morgan fingerprint density at radius 3 is 2.50 bits per heavy atom. The highest BCUT2D eigenvalue weighted by atomic mass is 16.8. The highest BCUT2D eigenvalue weighted by Gasteiger charge is 2.18. The van der Waals surface area contributed by atoms with Crippen LogP contribution in [0.2, 0.25) is 0 Å². The molecule has 0 amide bonds. The Hall–Kier alpha value is -0.700. The van der Waals surface area contributed by atoms with Gasteiger partial charge in [0.25, 0.3) is 0 Å². The quantitative estimate of drug-likeness (QED) is 0.643. The summed E-state index contributed by atoms with van der Waals surface area (Å²) in [6.45, 7) is 4.39. The van der Waals surface area contributed by atoms with Crippen LogP contribution in [0.1, 0.15) is 33.1 Å². The smallest absolute Gasteiger partial charge is 0.0581 e. The second-order valence-electron chi connectivity index (χ2n) is 3.14. The zero-order valence-corrected chi connectivity index (χ0v) is 8.16. The standard InChI is InChI=1S/C9H18N2O/c1-4-6-9(5-2)11-8-7-10(3)12-11/h7-9H,4-6H2,1-3H3. The average molecular weight is 170 g/mol. The monoisotopic (exact) mass is 170 g/mol. The molecule has 0 saturated carbocycles. The maximum Gasteiger partial charge on any atom is 0.0581 e. The number of nitrogens with zero attached hydrogens (tertiary/aromatic N) is 2. The Morgan fingerprint density at radius 1 is 1.33 bits per heavy atom. The number of rotatable bonds is 4. The van der Waals surface area contributed by atoms with Crippen molar-refractivity contribution < 1.29 is 4.94 Å². The van der Waals surface area contributed by atoms with Gasteiger partial charge < -0.3 is 0 Å². The van der Waals surface area contributed by atoms with Crippen LogP contribution in [0.3, 0.4) is 0 Å². The molecule has 0 fully saturated rings. The average Bonchev–Trinajstić information content (AvgIpc) is 2.47. The second kappa shape index (κ2) is 4.36. The van der Waals surface area contributed by atoms with E-state index in [1.54, 1.807) is 5.06 Å². The van der Waals surface area contributed by atoms with Crippen molar-refractivity contribution in [3.8, 4) is 0 Å². The van der Waals surface area contributed by atoms with E-state index >= 15 is 0 Å². The lowest BCUT2D eigenvalue weighted by molar-refractivity contribution is -0.265. The summed E-state index contributed by atoms with van der Waals surface area (Å²) in [6, 6.07) is 0.524. The van der Waals surface area contributed by atoms with Gasteiger partial charge in [-0.25, -0.2) is 10.1 Å². The van der Waals surface area contributed by atoms with Crippen LogP contribution < -0.4 is 0 Å². The van der Waals surface area contributed by atoms with E-state index in [9.17, 15) is 0 Å². The Labute approximate surface area is 74.5 Å². The number of hydrogen-bond acceptors (Lipinski definition) is 3. The van der Waals surface area contributed by atoms with Crippen molar-refractivity contribution in [1.29, 1.82) is 0 Å². The molecule has 1 aliphatic rings. The zero-order chi connectivity index (χ0) is 8.97. The molecule has 12 heavy (non-hydrogen) atoms. The van der Waals surface area contributed by atoms with E-state index in [1.807, 2.05) is 24.5 Å². The Morgan fingerprint density at radius 2 is 2.08 bits per heavy atom. The van der Waals surface area contributed by atoms with E-state index in [2.05, 4.69) is 13.8 Å². The van der Waals surface area contributed by atoms with Gasteiger partial charge in [-0.05, 0) is 12.8 Å². The molecular formula is C9H18N2O. The minimum atomic E-state index is 0.524. The van der Waals surface area contributed by atoms with Crippen LogP contribution in [-0.4, -0.2) is 23.2 Å². The summed E-state index contributed by atoms with van der Waals surface area (Å²) in [5, 5.41) is 3.65. The molecule has 0 bridgehead atoms. The molecule has 1 heterocycles. The van der Waals surface area contributed by atoms with Crippen molar-refractivity contribution >= 4 is 0 Å². The van der Waals surface area contributed by atoms with Gasteiger partial charge in [0, 0.05) is 19.4 Å². The summed E-state index contributed by atoms with van der Waals surface area (Å²) >= 11 is 0. The van der Waals surface area contributed by atoms with Crippen LogP contribution in [0.25, 0.3) is 0 Å². The summed E-state index contributed by atoms with van der Waals surface area (Å²) in [4.78, 5) is 5.42. The minimum Gasteiger partial charge on any atom is -0.238 e. The molecule has 0 aromatic heterocycles. The molecule has 0 aliphatic carbocycles. The van der Waals surface area contributed by atoms with E-state index in [1.165, 1.54) is 12.8 Å². The minimum absolute atomic E-state index is 0.524. The van der Waals surface area contributed by atoms with E-state index in [0.717, 1.165) is 6.42 Å². The van der Waals surface area contributed by atoms with E-state index in [-0.39, 0.29) is 0 Å². The normalized spacial score (nSPS) is 18.9. The Kier molecular flexibility index (Phi) is 3.41. The van der Waals surface area contributed by atoms with E-state index in [0.29, 0.717) is 6.04 Å². The lowest BCUT2D eigenvalue weighted by atomic mass is 10.1. The van der Waals surface area contributed by atoms with Crippen LogP contribution in [0.4, 0.5) is 0 Å². The second-order valence-corrected chi connectivity index (χ2v) is 3.14. The van der Waals surface area contributed by atoms with Gasteiger partial charge in [-0.15, -0.1) is 0 Å². The highest BCUT2D eigenvalue weighted by Crippen LogP contribution is 2.16. The van der Waals surface area contributed by atoms with Gasteiger partial charge in [0.05, 0.1) is 6.04 Å². The van der Waals surface area contributed by atoms with Gasteiger partial charge in [0.15, 0.2) is 0 Å². The van der Waals surface area contributed by atoms with Crippen molar-refractivity contribution in [3.63, 3.8) is 0 Å². The first-order valence-corrected chi connectivity index (χ1v) is 4.65. The maximum absolute atomic E-state index is 5.42. The van der Waals surface area contributed by atoms with Gasteiger partial charge in [-0.1, -0.05) is 20.3 Å². The zero-order valence-electron chi connectivity index (χ0n) is 8.16. The summed E-state index contributed by atoms with van der Waals surface area (Å²) in [7, 11) is 1.90. The molecule has 3 heteroatoms. The molecule has 0 aromatic carbocycles. The van der Waals surface area contributed by atoms with Crippen molar-refractivity contribution in [2.75, 3.05) is 7.05 Å². The van der Waals surface area contributed by atoms with Crippen LogP contribution in [-0.2, 0) is 4.94 Å². The van der Waals surface area contributed by atoms with Gasteiger partial charge in [-0.3, -0.25) is 0 Å². The number of hydrogen-bond donors (Lipinski definition) is 0. The third-order valence-electron chi connectivity index (χ3n) is 2.10. The predicted molar refractivity (Wildman–Crippen MR) is 48.8 cm³/mol. The van der Waals surface area contributed by atoms with Gasteiger partial charge in [0.2, 0.25) is 0 Å². The summed E-state index contributed by atoms with van der Waals surface area (Å²) in [6.07, 6.45) is 7.44. The Bertz CT molecular complexity index is 159.